The van der Waals surface area contributed by atoms with E-state index >= 15 is 0 Å². The molecule has 122 valence electrons. The van der Waals surface area contributed by atoms with Gasteiger partial charge in [0.05, 0.1) is 22.8 Å². The Hall–Kier alpha value is -2.08. The highest BCUT2D eigenvalue weighted by atomic mass is 32.2. The summed E-state index contributed by atoms with van der Waals surface area (Å²) in [7, 11) is -1.09. The number of ether oxygens (including phenoxy) is 1. The van der Waals surface area contributed by atoms with Crippen molar-refractivity contribution in [3.63, 3.8) is 0 Å². The lowest BCUT2D eigenvalue weighted by molar-refractivity contribution is -0.124. The molecule has 0 saturated heterocycles. The van der Waals surface area contributed by atoms with Crippen LogP contribution >= 0.6 is 0 Å². The molecule has 2 aromatic carbocycles. The predicted octanol–water partition coefficient (Wildman–Crippen LogP) is 4.68. The Labute approximate surface area is 135 Å². The lowest BCUT2D eigenvalue weighted by Gasteiger charge is -2.16. The number of halogens is 3. The lowest BCUT2D eigenvalue weighted by atomic mass is 10.2. The van der Waals surface area contributed by atoms with E-state index in [0.29, 0.717) is 0 Å². The number of hydrogen-bond donors (Lipinski definition) is 0. The summed E-state index contributed by atoms with van der Waals surface area (Å²) < 4.78 is 57.2. The van der Waals surface area contributed by atoms with Gasteiger partial charge in [-0.25, -0.2) is 4.21 Å². The largest absolute Gasteiger partial charge is 0.491 e. The molecule has 0 saturated carbocycles. The van der Waals surface area contributed by atoms with Gasteiger partial charge in [0, 0.05) is 4.90 Å². The molecule has 2 aromatic rings. The zero-order chi connectivity index (χ0) is 17.0. The number of alkyl halides is 3. The van der Waals surface area contributed by atoms with Crippen LogP contribution in [0.2, 0.25) is 0 Å². The average Bonchev–Trinajstić information content (AvgIpc) is 2.52. The van der Waals surface area contributed by atoms with Gasteiger partial charge >= 0.3 is 6.18 Å². The molecule has 2 nitrogen and oxygen atoms in total. The highest BCUT2D eigenvalue weighted by Crippen LogP contribution is 2.36. The van der Waals surface area contributed by atoms with E-state index in [-0.39, 0.29) is 15.4 Å². The number of methoxy groups -OCH3 is 1. The van der Waals surface area contributed by atoms with Gasteiger partial charge in [0.1, 0.15) is 0 Å². The molecule has 0 aliphatic carbocycles. The summed E-state index contributed by atoms with van der Waals surface area (Å²) in [5.41, 5.74) is 1.14. The van der Waals surface area contributed by atoms with E-state index < -0.39 is 22.7 Å². The molecule has 0 amide bonds. The molecule has 0 radical (unpaired) electrons. The third-order valence-corrected chi connectivity index (χ3v) is 4.62. The van der Waals surface area contributed by atoms with Crippen LogP contribution in [0.25, 0.3) is 4.91 Å². The highest BCUT2D eigenvalue weighted by Gasteiger charge is 2.40. The third-order valence-electron chi connectivity index (χ3n) is 3.12. The third kappa shape index (κ3) is 4.01. The SMILES string of the molecule is CO/C(=C(/c1ccccc1)S(=O)c1ccc(C)cc1)C(F)(F)F. The second kappa shape index (κ2) is 7.00. The standard InChI is InChI=1S/C17H15F3O2S/c1-12-8-10-14(11-9-12)23(21)15(13-6-4-3-5-7-13)16(22-2)17(18,19)20/h3-11H,1-2H3/b16-15-. The molecular weight excluding hydrogens is 325 g/mol. The average molecular weight is 340 g/mol. The molecule has 0 aliphatic heterocycles. The number of allylic oxidation sites excluding steroid dienone is 1. The molecule has 2 rings (SSSR count). The summed E-state index contributed by atoms with van der Waals surface area (Å²) in [4.78, 5) is -0.0993. The Balaban J connectivity index is 2.65. The summed E-state index contributed by atoms with van der Waals surface area (Å²) in [6.07, 6.45) is -4.74. The fourth-order valence-corrected chi connectivity index (χ4v) is 3.37. The van der Waals surface area contributed by atoms with Crippen molar-refractivity contribution >= 4 is 15.7 Å². The normalized spacial score (nSPS) is 14.1. The molecule has 0 bridgehead atoms. The lowest BCUT2D eigenvalue weighted by Crippen LogP contribution is -2.17. The first kappa shape index (κ1) is 17.3. The van der Waals surface area contributed by atoms with Crippen LogP contribution in [0.5, 0.6) is 0 Å². The van der Waals surface area contributed by atoms with Crippen LogP contribution in [0.3, 0.4) is 0 Å². The van der Waals surface area contributed by atoms with Crippen LogP contribution in [-0.4, -0.2) is 17.5 Å². The van der Waals surface area contributed by atoms with Gasteiger partial charge in [-0.15, -0.1) is 0 Å². The Bertz CT molecular complexity index is 720. The van der Waals surface area contributed by atoms with Crippen molar-refractivity contribution in [1.82, 2.24) is 0 Å². The van der Waals surface area contributed by atoms with Gasteiger partial charge < -0.3 is 4.74 Å². The van der Waals surface area contributed by atoms with Gasteiger partial charge in [-0.3, -0.25) is 0 Å². The van der Waals surface area contributed by atoms with Gasteiger partial charge in [0.15, 0.2) is 0 Å². The van der Waals surface area contributed by atoms with Crippen molar-refractivity contribution in [3.8, 4) is 0 Å². The van der Waals surface area contributed by atoms with Gasteiger partial charge in [-0.05, 0) is 24.6 Å². The minimum absolute atomic E-state index is 0.209. The van der Waals surface area contributed by atoms with Crippen LogP contribution in [0.1, 0.15) is 11.1 Å². The van der Waals surface area contributed by atoms with Gasteiger partial charge in [0.25, 0.3) is 0 Å². The van der Waals surface area contributed by atoms with Gasteiger partial charge in [-0.1, -0.05) is 48.0 Å². The monoisotopic (exact) mass is 340 g/mol. The maximum atomic E-state index is 13.3. The molecule has 0 fully saturated rings. The molecule has 1 atom stereocenters. The van der Waals surface area contributed by atoms with Crippen LogP contribution < -0.4 is 0 Å². The van der Waals surface area contributed by atoms with E-state index in [1.165, 1.54) is 12.1 Å². The fraction of sp³-hybridized carbons (Fsp3) is 0.176. The quantitative estimate of drug-likeness (QED) is 0.756. The summed E-state index contributed by atoms with van der Waals surface area (Å²) >= 11 is 0. The summed E-state index contributed by atoms with van der Waals surface area (Å²) in [6.45, 7) is 1.84. The van der Waals surface area contributed by atoms with E-state index in [1.807, 2.05) is 6.92 Å². The smallest absolute Gasteiger partial charge is 0.450 e. The Morgan fingerprint density at radius 1 is 1.00 bits per heavy atom. The van der Waals surface area contributed by atoms with Crippen molar-refractivity contribution in [1.29, 1.82) is 0 Å². The molecule has 23 heavy (non-hydrogen) atoms. The van der Waals surface area contributed by atoms with E-state index in [1.54, 1.807) is 42.5 Å². The van der Waals surface area contributed by atoms with Crippen molar-refractivity contribution < 1.29 is 22.1 Å². The first-order chi connectivity index (χ1) is 10.8. The molecule has 0 N–H and O–H groups in total. The number of rotatable bonds is 4. The Morgan fingerprint density at radius 2 is 1.57 bits per heavy atom. The fourth-order valence-electron chi connectivity index (χ4n) is 2.03. The molecule has 0 heterocycles. The molecule has 0 aliphatic rings. The van der Waals surface area contributed by atoms with E-state index in [2.05, 4.69) is 4.74 Å². The van der Waals surface area contributed by atoms with Crippen molar-refractivity contribution in [3.05, 3.63) is 71.5 Å². The predicted molar refractivity (Wildman–Crippen MR) is 84.0 cm³/mol. The maximum Gasteiger partial charge on any atom is 0.450 e. The van der Waals surface area contributed by atoms with Gasteiger partial charge in [-0.2, -0.15) is 13.2 Å². The first-order valence-electron chi connectivity index (χ1n) is 6.74. The van der Waals surface area contributed by atoms with Crippen molar-refractivity contribution in [2.24, 2.45) is 0 Å². The number of aryl methyl sites for hydroxylation is 1. The van der Waals surface area contributed by atoms with Crippen LogP contribution in [0, 0.1) is 6.92 Å². The van der Waals surface area contributed by atoms with Crippen molar-refractivity contribution in [2.45, 2.75) is 18.0 Å². The van der Waals surface area contributed by atoms with Crippen molar-refractivity contribution in [2.75, 3.05) is 7.11 Å². The second-order valence-electron chi connectivity index (χ2n) is 4.81. The molecule has 1 unspecified atom stereocenters. The number of benzene rings is 2. The topological polar surface area (TPSA) is 26.3 Å². The second-order valence-corrected chi connectivity index (χ2v) is 6.23. The molecule has 0 spiro atoms. The highest BCUT2D eigenvalue weighted by molar-refractivity contribution is 7.94. The number of hydrogen-bond acceptors (Lipinski definition) is 2. The summed E-state index contributed by atoms with van der Waals surface area (Å²) in [6, 6.07) is 14.3. The molecule has 0 aromatic heterocycles. The van der Waals surface area contributed by atoms with E-state index in [0.717, 1.165) is 12.7 Å². The summed E-state index contributed by atoms with van der Waals surface area (Å²) in [5, 5.41) is 0. The molecule has 6 heteroatoms. The Morgan fingerprint density at radius 3 is 2.04 bits per heavy atom. The van der Waals surface area contributed by atoms with Crippen LogP contribution in [0.15, 0.2) is 65.3 Å². The van der Waals surface area contributed by atoms with Gasteiger partial charge in [0.2, 0.25) is 5.76 Å². The van der Waals surface area contributed by atoms with Crippen LogP contribution in [-0.2, 0) is 15.5 Å². The maximum absolute atomic E-state index is 13.3. The summed E-state index contributed by atoms with van der Waals surface area (Å²) in [5.74, 6) is -1.25. The zero-order valence-electron chi connectivity index (χ0n) is 12.6. The van der Waals surface area contributed by atoms with E-state index in [9.17, 15) is 17.4 Å². The minimum atomic E-state index is -4.74. The zero-order valence-corrected chi connectivity index (χ0v) is 13.4. The minimum Gasteiger partial charge on any atom is -0.491 e. The Kier molecular flexibility index (Phi) is 5.26. The van der Waals surface area contributed by atoms with E-state index in [4.69, 9.17) is 0 Å². The first-order valence-corrected chi connectivity index (χ1v) is 7.89. The molecular formula is C17H15F3O2S. The van der Waals surface area contributed by atoms with Crippen LogP contribution in [0.4, 0.5) is 13.2 Å².